The smallest absolute Gasteiger partial charge is 0.338 e. The maximum Gasteiger partial charge on any atom is 0.338 e. The van der Waals surface area contributed by atoms with Crippen LogP contribution in [0, 0.1) is 0 Å². The van der Waals surface area contributed by atoms with Gasteiger partial charge in [0.15, 0.2) is 0 Å². The number of ether oxygens (including phenoxy) is 1. The summed E-state index contributed by atoms with van der Waals surface area (Å²) in [4.78, 5) is 24.0. The van der Waals surface area contributed by atoms with Crippen LogP contribution in [0.2, 0.25) is 0 Å². The third-order valence-corrected chi connectivity index (χ3v) is 4.15. The van der Waals surface area contributed by atoms with E-state index in [2.05, 4.69) is 6.07 Å². The number of carbonyl (C=O) groups excluding carboxylic acids is 1. The normalized spacial score (nSPS) is 17.4. The molecule has 0 spiro atoms. The Hall–Kier alpha value is -2.36. The Morgan fingerprint density at radius 1 is 1.23 bits per heavy atom. The van der Waals surface area contributed by atoms with Crippen LogP contribution in [-0.4, -0.2) is 10.5 Å². The number of hydrogen-bond donors (Lipinski definition) is 0. The molecule has 1 aliphatic carbocycles. The molecule has 114 valence electrons. The molecule has 1 heterocycles. The third kappa shape index (κ3) is 2.96. The van der Waals surface area contributed by atoms with Crippen LogP contribution < -0.4 is 5.56 Å². The highest BCUT2D eigenvalue weighted by atomic mass is 16.5. The second-order valence-electron chi connectivity index (χ2n) is 5.70. The summed E-state index contributed by atoms with van der Waals surface area (Å²) in [5.74, 6) is -0.431. The van der Waals surface area contributed by atoms with Gasteiger partial charge in [0.1, 0.15) is 6.10 Å². The maximum absolute atomic E-state index is 12.3. The molecular weight excluding hydrogens is 278 g/mol. The fraction of sp³-hybridized carbons (Fsp3) is 0.333. The second-order valence-corrected chi connectivity index (χ2v) is 5.70. The molecule has 0 unspecified atom stereocenters. The Bertz CT molecular complexity index is 748. The van der Waals surface area contributed by atoms with Crippen LogP contribution in [0.25, 0.3) is 0 Å². The number of benzene rings is 1. The quantitative estimate of drug-likeness (QED) is 0.632. The Balaban J connectivity index is 1.84. The minimum atomic E-state index is -0.431. The average Bonchev–Trinajstić information content (AvgIpc) is 2.73. The molecule has 1 aromatic carbocycles. The van der Waals surface area contributed by atoms with E-state index in [1.807, 2.05) is 18.2 Å². The zero-order chi connectivity index (χ0) is 15.5. The van der Waals surface area contributed by atoms with Crippen molar-refractivity contribution in [2.45, 2.75) is 31.8 Å². The van der Waals surface area contributed by atoms with Gasteiger partial charge >= 0.3 is 5.97 Å². The summed E-state index contributed by atoms with van der Waals surface area (Å²) in [7, 11) is 1.65. The minimum absolute atomic E-state index is 0.212. The SMILES string of the molecule is Cn1ccc(C(=O)O[C@@H]2CCCCc3ccccc32)cc1=O. The lowest BCUT2D eigenvalue weighted by Crippen LogP contribution is -2.19. The second kappa shape index (κ2) is 6.18. The first-order chi connectivity index (χ1) is 10.6. The molecule has 0 N–H and O–H groups in total. The maximum atomic E-state index is 12.3. The van der Waals surface area contributed by atoms with Crippen LogP contribution in [0.3, 0.4) is 0 Å². The van der Waals surface area contributed by atoms with Gasteiger partial charge in [-0.1, -0.05) is 24.3 Å². The van der Waals surface area contributed by atoms with Crippen LogP contribution in [0.1, 0.15) is 46.9 Å². The van der Waals surface area contributed by atoms with E-state index in [9.17, 15) is 9.59 Å². The topological polar surface area (TPSA) is 48.3 Å². The van der Waals surface area contributed by atoms with Crippen molar-refractivity contribution in [2.24, 2.45) is 7.05 Å². The lowest BCUT2D eigenvalue weighted by Gasteiger charge is -2.18. The zero-order valence-corrected chi connectivity index (χ0v) is 12.6. The third-order valence-electron chi connectivity index (χ3n) is 4.15. The van der Waals surface area contributed by atoms with Crippen molar-refractivity contribution in [1.82, 2.24) is 4.57 Å². The number of fused-ring (bicyclic) bond motifs is 1. The summed E-state index contributed by atoms with van der Waals surface area (Å²) in [5.41, 5.74) is 2.44. The van der Waals surface area contributed by atoms with Gasteiger partial charge in [-0.15, -0.1) is 0 Å². The molecule has 0 radical (unpaired) electrons. The molecule has 0 bridgehead atoms. The molecule has 4 nitrogen and oxygen atoms in total. The van der Waals surface area contributed by atoms with E-state index in [4.69, 9.17) is 4.74 Å². The first kappa shape index (κ1) is 14.6. The highest BCUT2D eigenvalue weighted by Crippen LogP contribution is 2.31. The van der Waals surface area contributed by atoms with Gasteiger partial charge in [-0.05, 0) is 42.9 Å². The molecule has 4 heteroatoms. The van der Waals surface area contributed by atoms with Crippen molar-refractivity contribution in [3.8, 4) is 0 Å². The summed E-state index contributed by atoms with van der Waals surface area (Å²) in [6.45, 7) is 0. The highest BCUT2D eigenvalue weighted by molar-refractivity contribution is 5.89. The summed E-state index contributed by atoms with van der Waals surface area (Å²) < 4.78 is 7.12. The van der Waals surface area contributed by atoms with Gasteiger partial charge in [0.2, 0.25) is 0 Å². The molecule has 0 fully saturated rings. The van der Waals surface area contributed by atoms with E-state index < -0.39 is 5.97 Å². The lowest BCUT2D eigenvalue weighted by molar-refractivity contribution is 0.0275. The van der Waals surface area contributed by atoms with Crippen LogP contribution in [-0.2, 0) is 18.2 Å². The minimum Gasteiger partial charge on any atom is -0.454 e. The van der Waals surface area contributed by atoms with Crippen LogP contribution in [0.5, 0.6) is 0 Å². The van der Waals surface area contributed by atoms with Gasteiger partial charge in [-0.3, -0.25) is 4.79 Å². The zero-order valence-electron chi connectivity index (χ0n) is 12.6. The van der Waals surface area contributed by atoms with Crippen LogP contribution in [0.4, 0.5) is 0 Å². The number of rotatable bonds is 2. The van der Waals surface area contributed by atoms with Gasteiger partial charge in [0, 0.05) is 19.3 Å². The van der Waals surface area contributed by atoms with E-state index in [0.717, 1.165) is 31.2 Å². The molecule has 22 heavy (non-hydrogen) atoms. The van der Waals surface area contributed by atoms with Crippen LogP contribution >= 0.6 is 0 Å². The molecule has 3 rings (SSSR count). The number of aromatic nitrogens is 1. The molecule has 1 aliphatic rings. The van der Waals surface area contributed by atoms with Gasteiger partial charge in [-0.25, -0.2) is 4.79 Å². The number of aryl methyl sites for hydroxylation is 2. The van der Waals surface area contributed by atoms with Crippen molar-refractivity contribution >= 4 is 5.97 Å². The predicted octanol–water partition coefficient (Wildman–Crippen LogP) is 3.01. The van der Waals surface area contributed by atoms with E-state index in [1.54, 1.807) is 19.3 Å². The van der Waals surface area contributed by atoms with Crippen molar-refractivity contribution in [1.29, 1.82) is 0 Å². The van der Waals surface area contributed by atoms with Crippen molar-refractivity contribution in [3.63, 3.8) is 0 Å². The van der Waals surface area contributed by atoms with Crippen molar-refractivity contribution in [2.75, 3.05) is 0 Å². The summed E-state index contributed by atoms with van der Waals surface area (Å²) in [6.07, 6.45) is 5.35. The van der Waals surface area contributed by atoms with E-state index >= 15 is 0 Å². The number of nitrogens with zero attached hydrogens (tertiary/aromatic N) is 1. The summed E-state index contributed by atoms with van der Waals surface area (Å²) in [5, 5.41) is 0. The summed E-state index contributed by atoms with van der Waals surface area (Å²) >= 11 is 0. The number of carbonyl (C=O) groups is 1. The Labute approximate surface area is 129 Å². The van der Waals surface area contributed by atoms with E-state index in [0.29, 0.717) is 5.56 Å². The van der Waals surface area contributed by atoms with Crippen molar-refractivity contribution in [3.05, 3.63) is 69.6 Å². The molecular formula is C18H19NO3. The largest absolute Gasteiger partial charge is 0.454 e. The standard InChI is InChI=1S/C18H19NO3/c1-19-11-10-14(12-17(19)20)18(21)22-16-9-5-3-7-13-6-2-4-8-15(13)16/h2,4,6,8,10-12,16H,3,5,7,9H2,1H3/t16-/m1/s1. The van der Waals surface area contributed by atoms with Crippen molar-refractivity contribution < 1.29 is 9.53 Å². The Morgan fingerprint density at radius 3 is 2.86 bits per heavy atom. The average molecular weight is 297 g/mol. The van der Waals surface area contributed by atoms with E-state index in [-0.39, 0.29) is 11.7 Å². The van der Waals surface area contributed by atoms with Gasteiger partial charge in [0.05, 0.1) is 5.56 Å². The lowest BCUT2D eigenvalue weighted by atomic mass is 10.0. The van der Waals surface area contributed by atoms with Gasteiger partial charge < -0.3 is 9.30 Å². The molecule has 0 saturated carbocycles. The number of pyridine rings is 1. The number of hydrogen-bond acceptors (Lipinski definition) is 3. The van der Waals surface area contributed by atoms with E-state index in [1.165, 1.54) is 16.2 Å². The molecule has 0 aliphatic heterocycles. The first-order valence-electron chi connectivity index (χ1n) is 7.60. The van der Waals surface area contributed by atoms with Gasteiger partial charge in [0.25, 0.3) is 5.56 Å². The fourth-order valence-corrected chi connectivity index (χ4v) is 2.87. The molecule has 2 aromatic rings. The van der Waals surface area contributed by atoms with Gasteiger partial charge in [-0.2, -0.15) is 0 Å². The molecule has 0 saturated heterocycles. The first-order valence-corrected chi connectivity index (χ1v) is 7.60. The molecule has 1 aromatic heterocycles. The Kier molecular flexibility index (Phi) is 4.09. The highest BCUT2D eigenvalue weighted by Gasteiger charge is 2.22. The fourth-order valence-electron chi connectivity index (χ4n) is 2.87. The summed E-state index contributed by atoms with van der Waals surface area (Å²) in [6, 6.07) is 11.1. The number of esters is 1. The van der Waals surface area contributed by atoms with Crippen LogP contribution in [0.15, 0.2) is 47.4 Å². The molecule has 1 atom stereocenters. The monoisotopic (exact) mass is 297 g/mol. The molecule has 0 amide bonds. The Morgan fingerprint density at radius 2 is 2.05 bits per heavy atom. The predicted molar refractivity (Wildman–Crippen MR) is 83.8 cm³/mol.